The number of anilines is 2. The standard InChI is InChI=1S/C22H24N4O2S/c1-2-13-25-20(14-27)23-24-22(25)29-15-21(28)26-18-9-5-3-7-16(18)11-12-17-8-4-6-10-19(17)26/h3-10,27H,2,11-15H2,1H3. The Morgan fingerprint density at radius 1 is 1.03 bits per heavy atom. The van der Waals surface area contributed by atoms with Gasteiger partial charge in [-0.2, -0.15) is 0 Å². The number of carbonyl (C=O) groups excluding carboxylic acids is 1. The third kappa shape index (κ3) is 3.93. The van der Waals surface area contributed by atoms with Crippen LogP contribution in [0.25, 0.3) is 0 Å². The topological polar surface area (TPSA) is 71.2 Å². The first kappa shape index (κ1) is 19.7. The molecule has 3 aromatic rings. The third-order valence-electron chi connectivity index (χ3n) is 5.08. The van der Waals surface area contributed by atoms with Crippen LogP contribution in [-0.2, 0) is 30.8 Å². The quantitative estimate of drug-likeness (QED) is 0.629. The van der Waals surface area contributed by atoms with Crippen LogP contribution < -0.4 is 4.90 Å². The number of carbonyl (C=O) groups is 1. The molecule has 1 aliphatic rings. The highest BCUT2D eigenvalue weighted by atomic mass is 32.2. The number of hydrogen-bond donors (Lipinski definition) is 1. The molecule has 7 heteroatoms. The van der Waals surface area contributed by atoms with Gasteiger partial charge in [0.05, 0.1) is 17.1 Å². The van der Waals surface area contributed by atoms with Crippen LogP contribution in [0.5, 0.6) is 0 Å². The Labute approximate surface area is 174 Å². The fourth-order valence-corrected chi connectivity index (χ4v) is 4.56. The molecule has 0 bridgehead atoms. The zero-order valence-corrected chi connectivity index (χ0v) is 17.2. The van der Waals surface area contributed by atoms with Crippen LogP contribution in [0, 0.1) is 0 Å². The Hall–Kier alpha value is -2.64. The van der Waals surface area contributed by atoms with E-state index in [9.17, 15) is 9.90 Å². The van der Waals surface area contributed by atoms with E-state index >= 15 is 0 Å². The van der Waals surface area contributed by atoms with Crippen molar-refractivity contribution in [3.8, 4) is 0 Å². The molecule has 2 heterocycles. The van der Waals surface area contributed by atoms with E-state index in [0.717, 1.165) is 37.2 Å². The Morgan fingerprint density at radius 2 is 1.66 bits per heavy atom. The maximum Gasteiger partial charge on any atom is 0.242 e. The summed E-state index contributed by atoms with van der Waals surface area (Å²) in [6.45, 7) is 2.62. The molecule has 0 spiro atoms. The van der Waals surface area contributed by atoms with Gasteiger partial charge in [-0.3, -0.25) is 9.69 Å². The second kappa shape index (κ2) is 8.80. The lowest BCUT2D eigenvalue weighted by atomic mass is 10.0. The Balaban J connectivity index is 1.63. The van der Waals surface area contributed by atoms with E-state index < -0.39 is 0 Å². The van der Waals surface area contributed by atoms with Crippen molar-refractivity contribution in [1.29, 1.82) is 0 Å². The zero-order chi connectivity index (χ0) is 20.2. The third-order valence-corrected chi connectivity index (χ3v) is 6.04. The SMILES string of the molecule is CCCn1c(CO)nnc1SCC(=O)N1c2ccccc2CCc2ccccc21. The van der Waals surface area contributed by atoms with Gasteiger partial charge in [0.2, 0.25) is 5.91 Å². The van der Waals surface area contributed by atoms with Gasteiger partial charge in [-0.05, 0) is 42.5 Å². The minimum Gasteiger partial charge on any atom is -0.388 e. The Bertz CT molecular complexity index is 970. The van der Waals surface area contributed by atoms with Crippen molar-refractivity contribution in [3.63, 3.8) is 0 Å². The van der Waals surface area contributed by atoms with Gasteiger partial charge in [0.1, 0.15) is 6.61 Å². The van der Waals surface area contributed by atoms with E-state index in [4.69, 9.17) is 0 Å². The van der Waals surface area contributed by atoms with E-state index in [0.29, 0.717) is 11.0 Å². The minimum atomic E-state index is -0.158. The number of nitrogens with zero attached hydrogens (tertiary/aromatic N) is 4. The molecule has 0 unspecified atom stereocenters. The molecule has 29 heavy (non-hydrogen) atoms. The van der Waals surface area contributed by atoms with Crippen LogP contribution in [-0.4, -0.2) is 31.5 Å². The van der Waals surface area contributed by atoms with Crippen molar-refractivity contribution in [1.82, 2.24) is 14.8 Å². The van der Waals surface area contributed by atoms with Gasteiger partial charge < -0.3 is 9.67 Å². The van der Waals surface area contributed by atoms with Gasteiger partial charge >= 0.3 is 0 Å². The summed E-state index contributed by atoms with van der Waals surface area (Å²) >= 11 is 1.37. The Kier molecular flexibility index (Phi) is 5.97. The second-order valence-electron chi connectivity index (χ2n) is 6.98. The molecule has 150 valence electrons. The summed E-state index contributed by atoms with van der Waals surface area (Å²) in [6.07, 6.45) is 2.73. The van der Waals surface area contributed by atoms with Crippen LogP contribution in [0.3, 0.4) is 0 Å². The van der Waals surface area contributed by atoms with Gasteiger partial charge in [0.15, 0.2) is 11.0 Å². The molecule has 4 rings (SSSR count). The molecule has 0 saturated heterocycles. The highest BCUT2D eigenvalue weighted by Crippen LogP contribution is 2.36. The summed E-state index contributed by atoms with van der Waals surface area (Å²) in [5, 5.41) is 18.4. The number of thioether (sulfide) groups is 1. The van der Waals surface area contributed by atoms with E-state index in [1.54, 1.807) is 0 Å². The number of amides is 1. The first-order valence-corrected chi connectivity index (χ1v) is 10.9. The molecule has 2 aromatic carbocycles. The highest BCUT2D eigenvalue weighted by Gasteiger charge is 2.26. The summed E-state index contributed by atoms with van der Waals surface area (Å²) in [6, 6.07) is 16.2. The molecule has 0 atom stereocenters. The number of hydrogen-bond acceptors (Lipinski definition) is 5. The lowest BCUT2D eigenvalue weighted by molar-refractivity contribution is -0.115. The number of aromatic nitrogens is 3. The fourth-order valence-electron chi connectivity index (χ4n) is 3.73. The Morgan fingerprint density at radius 3 is 2.24 bits per heavy atom. The van der Waals surface area contributed by atoms with E-state index in [1.165, 1.54) is 22.9 Å². The van der Waals surface area contributed by atoms with Crippen LogP contribution in [0.4, 0.5) is 11.4 Å². The summed E-state index contributed by atoms with van der Waals surface area (Å²) in [7, 11) is 0. The second-order valence-corrected chi connectivity index (χ2v) is 7.93. The van der Waals surface area contributed by atoms with Crippen molar-refractivity contribution < 1.29 is 9.90 Å². The number of fused-ring (bicyclic) bond motifs is 2. The van der Waals surface area contributed by atoms with Crippen molar-refractivity contribution in [3.05, 3.63) is 65.5 Å². The molecule has 6 nitrogen and oxygen atoms in total. The van der Waals surface area contributed by atoms with E-state index in [2.05, 4.69) is 29.3 Å². The lowest BCUT2D eigenvalue weighted by Gasteiger charge is -2.24. The van der Waals surface area contributed by atoms with E-state index in [-0.39, 0.29) is 18.3 Å². The zero-order valence-electron chi connectivity index (χ0n) is 16.4. The van der Waals surface area contributed by atoms with E-state index in [1.807, 2.05) is 45.9 Å². The highest BCUT2D eigenvalue weighted by molar-refractivity contribution is 7.99. The predicted molar refractivity (Wildman–Crippen MR) is 114 cm³/mol. The van der Waals surface area contributed by atoms with Gasteiger partial charge in [-0.25, -0.2) is 0 Å². The average molecular weight is 409 g/mol. The summed E-state index contributed by atoms with van der Waals surface area (Å²) < 4.78 is 1.89. The molecule has 1 N–H and O–H groups in total. The van der Waals surface area contributed by atoms with Gasteiger partial charge in [0, 0.05) is 6.54 Å². The van der Waals surface area contributed by atoms with Gasteiger partial charge in [-0.1, -0.05) is 55.1 Å². The van der Waals surface area contributed by atoms with Crippen LogP contribution in [0.2, 0.25) is 0 Å². The van der Waals surface area contributed by atoms with Crippen molar-refractivity contribution in [2.75, 3.05) is 10.7 Å². The summed E-state index contributed by atoms with van der Waals surface area (Å²) in [5.41, 5.74) is 4.26. The van der Waals surface area contributed by atoms with Crippen LogP contribution >= 0.6 is 11.8 Å². The summed E-state index contributed by atoms with van der Waals surface area (Å²) in [4.78, 5) is 15.2. The van der Waals surface area contributed by atoms with Gasteiger partial charge in [-0.15, -0.1) is 10.2 Å². The first-order chi connectivity index (χ1) is 14.2. The molecule has 1 aromatic heterocycles. The van der Waals surface area contributed by atoms with Crippen molar-refractivity contribution in [2.45, 2.75) is 44.5 Å². The maximum absolute atomic E-state index is 13.4. The number of aliphatic hydroxyl groups excluding tert-OH is 1. The molecule has 1 amide bonds. The van der Waals surface area contributed by atoms with Crippen LogP contribution in [0.1, 0.15) is 30.3 Å². The van der Waals surface area contributed by atoms with Crippen LogP contribution in [0.15, 0.2) is 53.7 Å². The molecular weight excluding hydrogens is 384 g/mol. The smallest absolute Gasteiger partial charge is 0.242 e. The van der Waals surface area contributed by atoms with Crippen molar-refractivity contribution in [2.24, 2.45) is 0 Å². The summed E-state index contributed by atoms with van der Waals surface area (Å²) in [5.74, 6) is 0.788. The van der Waals surface area contributed by atoms with Gasteiger partial charge in [0.25, 0.3) is 0 Å². The number of aliphatic hydroxyl groups is 1. The predicted octanol–water partition coefficient (Wildman–Crippen LogP) is 3.74. The number of benzene rings is 2. The number of aryl methyl sites for hydroxylation is 2. The molecule has 1 aliphatic heterocycles. The molecule has 0 aliphatic carbocycles. The molecule has 0 radical (unpaired) electrons. The number of rotatable bonds is 6. The maximum atomic E-state index is 13.4. The van der Waals surface area contributed by atoms with Crippen molar-refractivity contribution >= 4 is 29.0 Å². The normalized spacial score (nSPS) is 13.0. The lowest BCUT2D eigenvalue weighted by Crippen LogP contribution is -2.28. The number of para-hydroxylation sites is 2. The average Bonchev–Trinajstić information content (AvgIpc) is 3.05. The monoisotopic (exact) mass is 408 g/mol. The molecule has 0 fully saturated rings. The fraction of sp³-hybridized carbons (Fsp3) is 0.318. The largest absolute Gasteiger partial charge is 0.388 e. The minimum absolute atomic E-state index is 0.00777. The molecule has 0 saturated carbocycles. The first-order valence-electron chi connectivity index (χ1n) is 9.87. The molecular formula is C22H24N4O2S.